The minimum absolute atomic E-state index is 0.00845. The van der Waals surface area contributed by atoms with Crippen molar-refractivity contribution >= 4 is 17.3 Å². The van der Waals surface area contributed by atoms with Crippen LogP contribution in [0, 0.1) is 5.41 Å². The number of aromatic amines is 1. The van der Waals surface area contributed by atoms with Crippen LogP contribution in [0.4, 0.5) is 0 Å². The van der Waals surface area contributed by atoms with Crippen LogP contribution in [0.3, 0.4) is 0 Å². The van der Waals surface area contributed by atoms with Gasteiger partial charge < -0.3 is 19.4 Å². The number of ether oxygens (including phenoxy) is 1. The normalized spacial score (nSPS) is 17.6. The van der Waals surface area contributed by atoms with Gasteiger partial charge in [0.1, 0.15) is 0 Å². The van der Waals surface area contributed by atoms with Crippen LogP contribution in [0.1, 0.15) is 39.0 Å². The van der Waals surface area contributed by atoms with Crippen molar-refractivity contribution in [2.45, 2.75) is 19.9 Å². The minimum Gasteiger partial charge on any atom is -0.380 e. The van der Waals surface area contributed by atoms with Crippen molar-refractivity contribution < 1.29 is 14.3 Å². The highest BCUT2D eigenvalue weighted by Gasteiger charge is 2.35. The number of pyridine rings is 1. The van der Waals surface area contributed by atoms with E-state index in [1.165, 1.54) is 0 Å². The van der Waals surface area contributed by atoms with Crippen LogP contribution < -0.4 is 5.32 Å². The highest BCUT2D eigenvalue weighted by atomic mass is 16.5. The highest BCUT2D eigenvalue weighted by molar-refractivity contribution is 5.97. The first-order valence-corrected chi connectivity index (χ1v) is 9.80. The maximum Gasteiger partial charge on any atom is 0.272 e. The van der Waals surface area contributed by atoms with Crippen LogP contribution in [-0.4, -0.2) is 57.6 Å². The van der Waals surface area contributed by atoms with Gasteiger partial charge in [-0.3, -0.25) is 14.7 Å². The summed E-state index contributed by atoms with van der Waals surface area (Å²) in [6.45, 7) is 4.91. The molecule has 0 radical (unpaired) electrons. The standard InChI is InChI=1S/C21H23N5O3/c1-21(12-29-13-21)11-22-19(27)18-16-10-26(7-5-17(16)23-24-18)20(28)14-8-15-4-2-3-6-25(15)9-14/h2-4,6,8-9H,5,7,10-13H2,1H3,(H,22,27)(H,23,24). The average Bonchev–Trinajstić information content (AvgIpc) is 3.33. The lowest BCUT2D eigenvalue weighted by Crippen LogP contribution is -2.48. The number of hydrogen-bond donors (Lipinski definition) is 2. The molecule has 0 unspecified atom stereocenters. The van der Waals surface area contributed by atoms with Gasteiger partial charge in [-0.2, -0.15) is 5.10 Å². The van der Waals surface area contributed by atoms with Gasteiger partial charge in [-0.05, 0) is 18.2 Å². The fourth-order valence-corrected chi connectivity index (χ4v) is 3.94. The van der Waals surface area contributed by atoms with E-state index in [-0.39, 0.29) is 17.2 Å². The second kappa shape index (κ2) is 6.73. The minimum atomic E-state index is -0.209. The summed E-state index contributed by atoms with van der Waals surface area (Å²) in [5.74, 6) is -0.245. The Kier molecular flexibility index (Phi) is 4.16. The number of nitrogens with zero attached hydrogens (tertiary/aromatic N) is 3. The molecular weight excluding hydrogens is 370 g/mol. The summed E-state index contributed by atoms with van der Waals surface area (Å²) in [5, 5.41) is 10.2. The van der Waals surface area contributed by atoms with E-state index in [4.69, 9.17) is 4.74 Å². The predicted molar refractivity (Wildman–Crippen MR) is 106 cm³/mol. The number of H-pyrrole nitrogens is 1. The molecule has 2 amide bonds. The molecule has 0 bridgehead atoms. The van der Waals surface area contributed by atoms with Gasteiger partial charge >= 0.3 is 0 Å². The van der Waals surface area contributed by atoms with Gasteiger partial charge in [0.05, 0.1) is 25.3 Å². The number of carbonyl (C=O) groups is 2. The first-order valence-electron chi connectivity index (χ1n) is 9.80. The molecule has 29 heavy (non-hydrogen) atoms. The van der Waals surface area contributed by atoms with E-state index < -0.39 is 0 Å². The van der Waals surface area contributed by atoms with Crippen LogP contribution in [0.5, 0.6) is 0 Å². The Balaban J connectivity index is 1.32. The molecule has 8 nitrogen and oxygen atoms in total. The third kappa shape index (κ3) is 3.19. The third-order valence-electron chi connectivity index (χ3n) is 5.76. The van der Waals surface area contributed by atoms with Crippen molar-refractivity contribution in [1.29, 1.82) is 0 Å². The topological polar surface area (TPSA) is 91.7 Å². The Morgan fingerprint density at radius 2 is 2.21 bits per heavy atom. The van der Waals surface area contributed by atoms with Crippen LogP contribution in [-0.2, 0) is 17.7 Å². The third-order valence-corrected chi connectivity index (χ3v) is 5.76. The smallest absolute Gasteiger partial charge is 0.272 e. The summed E-state index contributed by atoms with van der Waals surface area (Å²) >= 11 is 0. The molecule has 1 fully saturated rings. The van der Waals surface area contributed by atoms with Gasteiger partial charge in [0, 0.05) is 54.1 Å². The second-order valence-corrected chi connectivity index (χ2v) is 8.25. The van der Waals surface area contributed by atoms with Crippen molar-refractivity contribution in [3.05, 3.63) is 59.2 Å². The summed E-state index contributed by atoms with van der Waals surface area (Å²) in [6.07, 6.45) is 4.42. The second-order valence-electron chi connectivity index (χ2n) is 8.25. The number of rotatable bonds is 4. The molecular formula is C21H23N5O3. The van der Waals surface area contributed by atoms with Gasteiger partial charge in [-0.25, -0.2) is 0 Å². The highest BCUT2D eigenvalue weighted by Crippen LogP contribution is 2.26. The molecule has 2 aliphatic rings. The van der Waals surface area contributed by atoms with Gasteiger partial charge in [0.2, 0.25) is 0 Å². The zero-order valence-corrected chi connectivity index (χ0v) is 16.3. The van der Waals surface area contributed by atoms with Crippen LogP contribution in [0.25, 0.3) is 5.52 Å². The molecule has 5 heterocycles. The molecule has 5 rings (SSSR count). The van der Waals surface area contributed by atoms with E-state index in [0.717, 1.165) is 16.8 Å². The van der Waals surface area contributed by atoms with Gasteiger partial charge in [0.15, 0.2) is 5.69 Å². The van der Waals surface area contributed by atoms with Crippen molar-refractivity contribution in [3.63, 3.8) is 0 Å². The number of nitrogens with one attached hydrogen (secondary N) is 2. The maximum atomic E-state index is 13.1. The van der Waals surface area contributed by atoms with E-state index in [9.17, 15) is 9.59 Å². The zero-order valence-electron chi connectivity index (χ0n) is 16.3. The maximum absolute atomic E-state index is 13.1. The lowest BCUT2D eigenvalue weighted by atomic mass is 9.88. The largest absolute Gasteiger partial charge is 0.380 e. The lowest BCUT2D eigenvalue weighted by Gasteiger charge is -2.38. The first kappa shape index (κ1) is 17.9. The van der Waals surface area contributed by atoms with E-state index in [1.54, 1.807) is 4.90 Å². The summed E-state index contributed by atoms with van der Waals surface area (Å²) in [4.78, 5) is 27.5. The SMILES string of the molecule is CC1(CNC(=O)c2n[nH]c3c2CN(C(=O)c2cc4ccccn4c2)CC3)COC1. The van der Waals surface area contributed by atoms with Crippen LogP contribution in [0.2, 0.25) is 0 Å². The molecule has 2 aliphatic heterocycles. The fraction of sp³-hybridized carbons (Fsp3) is 0.381. The molecule has 8 heteroatoms. The van der Waals surface area contributed by atoms with Gasteiger partial charge in [-0.15, -0.1) is 0 Å². The molecule has 1 saturated heterocycles. The van der Waals surface area contributed by atoms with Crippen molar-refractivity contribution in [2.75, 3.05) is 26.3 Å². The van der Waals surface area contributed by atoms with Crippen LogP contribution >= 0.6 is 0 Å². The number of amides is 2. The van der Waals surface area contributed by atoms with E-state index in [1.807, 2.05) is 41.1 Å². The van der Waals surface area contributed by atoms with Gasteiger partial charge in [-0.1, -0.05) is 13.0 Å². The van der Waals surface area contributed by atoms with Crippen molar-refractivity contribution in [3.8, 4) is 0 Å². The number of fused-ring (bicyclic) bond motifs is 2. The number of hydrogen-bond acceptors (Lipinski definition) is 4. The Bertz CT molecular complexity index is 1060. The van der Waals surface area contributed by atoms with E-state index >= 15 is 0 Å². The predicted octanol–water partition coefficient (Wildman–Crippen LogP) is 1.63. The molecule has 3 aromatic heterocycles. The summed E-state index contributed by atoms with van der Waals surface area (Å²) in [7, 11) is 0. The monoisotopic (exact) mass is 393 g/mol. The molecule has 0 aliphatic carbocycles. The fourth-order valence-electron chi connectivity index (χ4n) is 3.94. The molecule has 3 aromatic rings. The number of aromatic nitrogens is 3. The lowest BCUT2D eigenvalue weighted by molar-refractivity contribution is -0.0978. The van der Waals surface area contributed by atoms with Crippen molar-refractivity contribution in [1.82, 2.24) is 24.8 Å². The molecule has 0 saturated carbocycles. The Labute approximate surface area is 167 Å². The van der Waals surface area contributed by atoms with E-state index in [2.05, 4.69) is 22.4 Å². The molecule has 0 aromatic carbocycles. The zero-order chi connectivity index (χ0) is 20.0. The first-order chi connectivity index (χ1) is 14.0. The van der Waals surface area contributed by atoms with Crippen molar-refractivity contribution in [2.24, 2.45) is 5.41 Å². The Hall–Kier alpha value is -3.13. The molecule has 150 valence electrons. The molecule has 0 atom stereocenters. The summed E-state index contributed by atoms with van der Waals surface area (Å²) in [6, 6.07) is 7.74. The molecule has 0 spiro atoms. The quantitative estimate of drug-likeness (QED) is 0.705. The average molecular weight is 393 g/mol. The Morgan fingerprint density at radius 1 is 1.34 bits per heavy atom. The van der Waals surface area contributed by atoms with E-state index in [0.29, 0.717) is 50.5 Å². The van der Waals surface area contributed by atoms with Gasteiger partial charge in [0.25, 0.3) is 11.8 Å². The summed E-state index contributed by atoms with van der Waals surface area (Å²) < 4.78 is 7.17. The Morgan fingerprint density at radius 3 is 2.97 bits per heavy atom. The number of carbonyl (C=O) groups excluding carboxylic acids is 2. The van der Waals surface area contributed by atoms with Crippen LogP contribution in [0.15, 0.2) is 36.7 Å². The molecule has 2 N–H and O–H groups in total. The summed E-state index contributed by atoms with van der Waals surface area (Å²) in [5.41, 5.74) is 3.73.